The molecule has 22 heavy (non-hydrogen) atoms. The average molecular weight is 328 g/mol. The Morgan fingerprint density at radius 2 is 1.82 bits per heavy atom. The molecule has 1 aliphatic rings. The zero-order valence-corrected chi connectivity index (χ0v) is 12.7. The lowest BCUT2D eigenvalue weighted by Crippen LogP contribution is -2.39. The molecular formula is C13H16N2O6S. The number of nitrogens with zero attached hydrogens (tertiary/aromatic N) is 2. The van der Waals surface area contributed by atoms with Gasteiger partial charge in [0, 0.05) is 19.3 Å². The molecule has 1 aromatic carbocycles. The van der Waals surface area contributed by atoms with Gasteiger partial charge in [0.1, 0.15) is 13.1 Å². The molecule has 0 saturated carbocycles. The number of hydrogen-bond donors (Lipinski definition) is 2. The third-order valence-corrected chi connectivity index (χ3v) is 5.23. The van der Waals surface area contributed by atoms with Crippen LogP contribution in [0.15, 0.2) is 23.1 Å². The molecule has 1 heterocycles. The first-order chi connectivity index (χ1) is 10.2. The zero-order chi connectivity index (χ0) is 16.5. The molecule has 0 fully saturated rings. The monoisotopic (exact) mass is 328 g/mol. The van der Waals surface area contributed by atoms with Gasteiger partial charge in [0.15, 0.2) is 0 Å². The summed E-state index contributed by atoms with van der Waals surface area (Å²) in [4.78, 5) is 23.4. The summed E-state index contributed by atoms with van der Waals surface area (Å²) in [6.07, 6.45) is 0.806. The van der Waals surface area contributed by atoms with Crippen LogP contribution in [0.5, 0.6) is 0 Å². The van der Waals surface area contributed by atoms with Gasteiger partial charge in [-0.3, -0.25) is 9.59 Å². The summed E-state index contributed by atoms with van der Waals surface area (Å²) >= 11 is 0. The normalized spacial score (nSPS) is 14.2. The molecule has 1 aromatic rings. The highest BCUT2D eigenvalue weighted by atomic mass is 32.2. The van der Waals surface area contributed by atoms with E-state index in [1.54, 1.807) is 6.07 Å². The summed E-state index contributed by atoms with van der Waals surface area (Å²) in [6, 6.07) is 4.50. The van der Waals surface area contributed by atoms with Crippen LogP contribution >= 0.6 is 0 Å². The van der Waals surface area contributed by atoms with Gasteiger partial charge in [-0.2, -0.15) is 4.31 Å². The Hall–Kier alpha value is -2.13. The van der Waals surface area contributed by atoms with E-state index in [0.717, 1.165) is 24.2 Å². The Morgan fingerprint density at radius 1 is 1.23 bits per heavy atom. The van der Waals surface area contributed by atoms with Crippen molar-refractivity contribution in [3.05, 3.63) is 23.8 Å². The van der Waals surface area contributed by atoms with E-state index in [1.807, 2.05) is 11.9 Å². The number of hydrogen-bond acceptors (Lipinski definition) is 5. The minimum absolute atomic E-state index is 0.109. The number of carboxylic acid groups (broad SMARTS) is 2. The van der Waals surface area contributed by atoms with Crippen LogP contribution < -0.4 is 4.90 Å². The lowest BCUT2D eigenvalue weighted by atomic mass is 10.2. The van der Waals surface area contributed by atoms with E-state index in [1.165, 1.54) is 12.1 Å². The van der Waals surface area contributed by atoms with Crippen molar-refractivity contribution in [2.75, 3.05) is 31.6 Å². The van der Waals surface area contributed by atoms with Gasteiger partial charge in [0.05, 0.1) is 4.90 Å². The molecule has 0 unspecified atom stereocenters. The number of anilines is 1. The van der Waals surface area contributed by atoms with Crippen molar-refractivity contribution in [1.29, 1.82) is 0 Å². The van der Waals surface area contributed by atoms with E-state index in [-0.39, 0.29) is 4.90 Å². The molecule has 2 rings (SSSR count). The van der Waals surface area contributed by atoms with Gasteiger partial charge < -0.3 is 15.1 Å². The first-order valence-corrected chi connectivity index (χ1v) is 7.93. The minimum atomic E-state index is -4.19. The molecule has 0 radical (unpaired) electrons. The second-order valence-corrected chi connectivity index (χ2v) is 6.96. The largest absolute Gasteiger partial charge is 0.480 e. The van der Waals surface area contributed by atoms with Crippen LogP contribution in [0, 0.1) is 0 Å². The third kappa shape index (κ3) is 3.20. The summed E-state index contributed by atoms with van der Waals surface area (Å²) in [5, 5.41) is 17.6. The topological polar surface area (TPSA) is 115 Å². The van der Waals surface area contributed by atoms with Crippen LogP contribution in [0.1, 0.15) is 5.56 Å². The number of rotatable bonds is 6. The maximum atomic E-state index is 12.5. The number of carbonyl (C=O) groups is 2. The summed E-state index contributed by atoms with van der Waals surface area (Å²) in [5.74, 6) is -2.83. The predicted molar refractivity (Wildman–Crippen MR) is 77.4 cm³/mol. The van der Waals surface area contributed by atoms with Crippen LogP contribution in [0.2, 0.25) is 0 Å². The van der Waals surface area contributed by atoms with E-state index < -0.39 is 35.1 Å². The van der Waals surface area contributed by atoms with E-state index >= 15 is 0 Å². The zero-order valence-electron chi connectivity index (χ0n) is 11.9. The van der Waals surface area contributed by atoms with E-state index in [0.29, 0.717) is 4.31 Å². The summed E-state index contributed by atoms with van der Waals surface area (Å²) in [7, 11) is -2.36. The number of sulfonamides is 1. The molecule has 0 bridgehead atoms. The second kappa shape index (κ2) is 5.93. The first-order valence-electron chi connectivity index (χ1n) is 6.49. The van der Waals surface area contributed by atoms with Crippen LogP contribution in [-0.2, 0) is 26.0 Å². The molecule has 0 spiro atoms. The third-order valence-electron chi connectivity index (χ3n) is 3.45. The summed E-state index contributed by atoms with van der Waals surface area (Å²) in [5.41, 5.74) is 1.76. The standard InChI is InChI=1S/C13H16N2O6S/c1-14-5-4-9-2-3-10(6-11(9)14)22(20,21)15(7-12(16)17)8-13(18)19/h2-3,6H,4-5,7-8H2,1H3,(H,16,17)(H,18,19). The van der Waals surface area contributed by atoms with Gasteiger partial charge in [-0.1, -0.05) is 6.07 Å². The van der Waals surface area contributed by atoms with Crippen molar-refractivity contribution in [3.63, 3.8) is 0 Å². The summed E-state index contributed by atoms with van der Waals surface area (Å²) < 4.78 is 25.4. The lowest BCUT2D eigenvalue weighted by molar-refractivity contribution is -0.139. The fourth-order valence-corrected chi connectivity index (χ4v) is 3.72. The van der Waals surface area contributed by atoms with Crippen LogP contribution in [0.25, 0.3) is 0 Å². The number of fused-ring (bicyclic) bond motifs is 1. The van der Waals surface area contributed by atoms with Gasteiger partial charge in [-0.15, -0.1) is 0 Å². The molecular weight excluding hydrogens is 312 g/mol. The molecule has 2 N–H and O–H groups in total. The van der Waals surface area contributed by atoms with Gasteiger partial charge in [-0.25, -0.2) is 8.42 Å². The maximum absolute atomic E-state index is 12.5. The smallest absolute Gasteiger partial charge is 0.318 e. The number of likely N-dealkylation sites (N-methyl/N-ethyl adjacent to an activating group) is 1. The van der Waals surface area contributed by atoms with Crippen LogP contribution in [-0.4, -0.2) is 61.6 Å². The molecule has 9 heteroatoms. The molecule has 120 valence electrons. The molecule has 0 atom stereocenters. The maximum Gasteiger partial charge on any atom is 0.318 e. The van der Waals surface area contributed by atoms with E-state index in [4.69, 9.17) is 10.2 Å². The number of carboxylic acids is 2. The molecule has 1 aliphatic heterocycles. The SMILES string of the molecule is CN1CCc2ccc(S(=O)(=O)N(CC(=O)O)CC(=O)O)cc21. The van der Waals surface area contributed by atoms with Crippen molar-refractivity contribution in [1.82, 2.24) is 4.31 Å². The van der Waals surface area contributed by atoms with Crippen molar-refractivity contribution in [2.45, 2.75) is 11.3 Å². The highest BCUT2D eigenvalue weighted by molar-refractivity contribution is 7.89. The van der Waals surface area contributed by atoms with Crippen molar-refractivity contribution >= 4 is 27.6 Å². The summed E-state index contributed by atoms with van der Waals surface area (Å²) in [6.45, 7) is -1.03. The van der Waals surface area contributed by atoms with Gasteiger partial charge >= 0.3 is 11.9 Å². The average Bonchev–Trinajstić information content (AvgIpc) is 2.78. The lowest BCUT2D eigenvalue weighted by Gasteiger charge is -2.19. The quantitative estimate of drug-likeness (QED) is 0.745. The van der Waals surface area contributed by atoms with Gasteiger partial charge in [0.2, 0.25) is 10.0 Å². The van der Waals surface area contributed by atoms with Gasteiger partial charge in [0.25, 0.3) is 0 Å². The Bertz CT molecular complexity index is 699. The Morgan fingerprint density at radius 3 is 2.36 bits per heavy atom. The minimum Gasteiger partial charge on any atom is -0.480 e. The Balaban J connectivity index is 2.41. The number of benzene rings is 1. The number of aliphatic carboxylic acids is 2. The predicted octanol–water partition coefficient (Wildman–Crippen LogP) is -0.161. The van der Waals surface area contributed by atoms with Crippen LogP contribution in [0.4, 0.5) is 5.69 Å². The highest BCUT2D eigenvalue weighted by Crippen LogP contribution is 2.30. The van der Waals surface area contributed by atoms with Crippen LogP contribution in [0.3, 0.4) is 0 Å². The molecule has 0 aromatic heterocycles. The molecule has 8 nitrogen and oxygen atoms in total. The fourth-order valence-electron chi connectivity index (χ4n) is 2.36. The second-order valence-electron chi connectivity index (χ2n) is 5.02. The fraction of sp³-hybridized carbons (Fsp3) is 0.385. The molecule has 0 aliphatic carbocycles. The van der Waals surface area contributed by atoms with Gasteiger partial charge in [-0.05, 0) is 24.1 Å². The molecule has 0 amide bonds. The van der Waals surface area contributed by atoms with E-state index in [2.05, 4.69) is 0 Å². The highest BCUT2D eigenvalue weighted by Gasteiger charge is 2.30. The first kappa shape index (κ1) is 16.2. The van der Waals surface area contributed by atoms with Crippen molar-refractivity contribution < 1.29 is 28.2 Å². The van der Waals surface area contributed by atoms with Crippen molar-refractivity contribution in [2.24, 2.45) is 0 Å². The Kier molecular flexibility index (Phi) is 4.38. The molecule has 0 saturated heterocycles. The van der Waals surface area contributed by atoms with Crippen molar-refractivity contribution in [3.8, 4) is 0 Å². The van der Waals surface area contributed by atoms with E-state index in [9.17, 15) is 18.0 Å². The Labute approximate surface area is 127 Å².